The predicted molar refractivity (Wildman–Crippen MR) is 112 cm³/mol. The summed E-state index contributed by atoms with van der Waals surface area (Å²) in [5.74, 6) is 1.25. The first-order chi connectivity index (χ1) is 13.9. The van der Waals surface area contributed by atoms with Gasteiger partial charge in [0.05, 0.1) is 25.3 Å². The number of hydrogen-bond acceptors (Lipinski definition) is 5. The third-order valence-corrected chi connectivity index (χ3v) is 5.26. The van der Waals surface area contributed by atoms with E-state index in [9.17, 15) is 8.42 Å². The molecule has 0 amide bonds. The minimum absolute atomic E-state index is 0.134. The molecule has 4 aromatic rings. The van der Waals surface area contributed by atoms with Gasteiger partial charge in [0, 0.05) is 41.5 Å². The van der Waals surface area contributed by atoms with Gasteiger partial charge in [-0.05, 0) is 29.8 Å². The lowest BCUT2D eigenvalue weighted by Crippen LogP contribution is -2.30. The monoisotopic (exact) mass is 412 g/mol. The maximum absolute atomic E-state index is 11.1. The van der Waals surface area contributed by atoms with Crippen molar-refractivity contribution in [2.45, 2.75) is 6.54 Å². The van der Waals surface area contributed by atoms with Gasteiger partial charge >= 0.3 is 0 Å². The molecule has 0 unspecified atom stereocenters. The van der Waals surface area contributed by atoms with Crippen molar-refractivity contribution in [3.05, 3.63) is 60.4 Å². The summed E-state index contributed by atoms with van der Waals surface area (Å²) in [7, 11) is -0.529. The zero-order valence-electron chi connectivity index (χ0n) is 15.9. The third kappa shape index (κ3) is 3.75. The van der Waals surface area contributed by atoms with Crippen LogP contribution in [-0.2, 0) is 16.8 Å². The number of nitrogens with zero attached hydrogens (tertiary/aromatic N) is 2. The predicted octanol–water partition coefficient (Wildman–Crippen LogP) is 2.49. The highest BCUT2D eigenvalue weighted by molar-refractivity contribution is 7.87. The number of pyridine rings is 1. The first kappa shape index (κ1) is 19.2. The zero-order chi connectivity index (χ0) is 20.6. The van der Waals surface area contributed by atoms with Crippen LogP contribution in [0.1, 0.15) is 5.56 Å². The minimum Gasteiger partial charge on any atom is -0.493 e. The van der Waals surface area contributed by atoms with Gasteiger partial charge in [-0.15, -0.1) is 0 Å². The summed E-state index contributed by atoms with van der Waals surface area (Å²) >= 11 is 0. The number of nitrogens with two attached hydrogens (primary N) is 1. The van der Waals surface area contributed by atoms with Gasteiger partial charge in [0.2, 0.25) is 0 Å². The van der Waals surface area contributed by atoms with Crippen LogP contribution in [0.3, 0.4) is 0 Å². The van der Waals surface area contributed by atoms with E-state index in [-0.39, 0.29) is 6.54 Å². The van der Waals surface area contributed by atoms with Crippen LogP contribution < -0.4 is 19.3 Å². The number of rotatable bonds is 6. The fourth-order valence-electron chi connectivity index (χ4n) is 3.31. The van der Waals surface area contributed by atoms with Crippen LogP contribution in [0.5, 0.6) is 11.5 Å². The van der Waals surface area contributed by atoms with E-state index in [4.69, 9.17) is 14.6 Å². The maximum Gasteiger partial charge on any atom is 0.274 e. The van der Waals surface area contributed by atoms with Crippen LogP contribution in [0.4, 0.5) is 0 Å². The average molecular weight is 412 g/mol. The highest BCUT2D eigenvalue weighted by Gasteiger charge is 2.13. The number of hydrogen-bond donors (Lipinski definition) is 2. The Bertz CT molecular complexity index is 1300. The molecular weight excluding hydrogens is 392 g/mol. The Morgan fingerprint density at radius 1 is 1.07 bits per heavy atom. The molecule has 9 heteroatoms. The van der Waals surface area contributed by atoms with E-state index >= 15 is 0 Å². The van der Waals surface area contributed by atoms with E-state index in [1.165, 1.54) is 0 Å². The molecule has 0 aliphatic heterocycles. The molecule has 0 aliphatic rings. The Labute approximate surface area is 168 Å². The maximum atomic E-state index is 11.1. The molecule has 2 aromatic carbocycles. The van der Waals surface area contributed by atoms with Crippen molar-refractivity contribution in [2.24, 2.45) is 5.14 Å². The molecule has 29 heavy (non-hydrogen) atoms. The Kier molecular flexibility index (Phi) is 4.87. The molecule has 0 aliphatic carbocycles. The highest BCUT2D eigenvalue weighted by atomic mass is 32.2. The fraction of sp³-hybridized carbons (Fsp3) is 0.150. The van der Waals surface area contributed by atoms with E-state index in [0.717, 1.165) is 33.1 Å². The molecule has 2 aromatic heterocycles. The van der Waals surface area contributed by atoms with Crippen molar-refractivity contribution in [1.29, 1.82) is 0 Å². The van der Waals surface area contributed by atoms with Crippen LogP contribution >= 0.6 is 0 Å². The van der Waals surface area contributed by atoms with Gasteiger partial charge in [-0.1, -0.05) is 12.1 Å². The van der Waals surface area contributed by atoms with Gasteiger partial charge in [0.25, 0.3) is 10.2 Å². The van der Waals surface area contributed by atoms with E-state index < -0.39 is 10.2 Å². The lowest BCUT2D eigenvalue weighted by molar-refractivity contribution is 0.356. The average Bonchev–Trinajstić information content (AvgIpc) is 3.15. The normalized spacial score (nSPS) is 11.8. The molecule has 0 radical (unpaired) electrons. The SMILES string of the molecule is COc1cc2ncc3ccn(-c4ccc(CNS(N)(=O)=O)cc4)c3c2cc1OC. The van der Waals surface area contributed by atoms with Crippen molar-refractivity contribution < 1.29 is 17.9 Å². The van der Waals surface area contributed by atoms with Crippen LogP contribution in [0.2, 0.25) is 0 Å². The topological polar surface area (TPSA) is 108 Å². The first-order valence-corrected chi connectivity index (χ1v) is 10.3. The molecule has 3 N–H and O–H groups in total. The second-order valence-electron chi connectivity index (χ2n) is 6.50. The number of fused-ring (bicyclic) bond motifs is 3. The molecule has 0 bridgehead atoms. The fourth-order valence-corrected chi connectivity index (χ4v) is 3.68. The minimum atomic E-state index is -3.73. The van der Waals surface area contributed by atoms with Crippen LogP contribution in [0.15, 0.2) is 54.9 Å². The Balaban J connectivity index is 1.81. The summed E-state index contributed by atoms with van der Waals surface area (Å²) < 4.78 is 37.3. The zero-order valence-corrected chi connectivity index (χ0v) is 16.7. The Hall–Kier alpha value is -3.14. The number of aromatic nitrogens is 2. The van der Waals surface area contributed by atoms with Crippen molar-refractivity contribution in [3.63, 3.8) is 0 Å². The molecule has 8 nitrogen and oxygen atoms in total. The van der Waals surface area contributed by atoms with E-state index in [1.54, 1.807) is 14.2 Å². The van der Waals surface area contributed by atoms with E-state index in [0.29, 0.717) is 11.5 Å². The van der Waals surface area contributed by atoms with Gasteiger partial charge in [-0.3, -0.25) is 4.98 Å². The molecule has 0 fully saturated rings. The van der Waals surface area contributed by atoms with E-state index in [2.05, 4.69) is 14.3 Å². The second-order valence-corrected chi connectivity index (χ2v) is 7.88. The van der Waals surface area contributed by atoms with Gasteiger partial charge in [0.15, 0.2) is 11.5 Å². The molecule has 2 heterocycles. The quantitative estimate of drug-likeness (QED) is 0.506. The van der Waals surface area contributed by atoms with E-state index in [1.807, 2.05) is 54.9 Å². The smallest absolute Gasteiger partial charge is 0.274 e. The third-order valence-electron chi connectivity index (χ3n) is 4.71. The molecule has 4 rings (SSSR count). The van der Waals surface area contributed by atoms with Gasteiger partial charge in [0.1, 0.15) is 0 Å². The summed E-state index contributed by atoms with van der Waals surface area (Å²) in [6.45, 7) is 0.134. The lowest BCUT2D eigenvalue weighted by Gasteiger charge is -2.12. The Morgan fingerprint density at radius 2 is 1.76 bits per heavy atom. The van der Waals surface area contributed by atoms with Crippen LogP contribution in [0.25, 0.3) is 27.5 Å². The lowest BCUT2D eigenvalue weighted by atomic mass is 10.1. The standard InChI is InChI=1S/C20H20N4O4S/c1-27-18-9-16-17(10-19(18)28-2)22-12-14-7-8-24(20(14)16)15-5-3-13(4-6-15)11-23-29(21,25)26/h3-10,12,23H,11H2,1-2H3,(H2,21,25,26). The van der Waals surface area contributed by atoms with Crippen molar-refractivity contribution >= 4 is 32.0 Å². The summed E-state index contributed by atoms with van der Waals surface area (Å²) in [5.41, 5.74) is 3.52. The second kappa shape index (κ2) is 7.36. The number of methoxy groups -OCH3 is 2. The van der Waals surface area contributed by atoms with Crippen molar-refractivity contribution in [1.82, 2.24) is 14.3 Å². The van der Waals surface area contributed by atoms with Crippen molar-refractivity contribution in [3.8, 4) is 17.2 Å². The summed E-state index contributed by atoms with van der Waals surface area (Å²) in [5, 5.41) is 6.91. The van der Waals surface area contributed by atoms with Gasteiger partial charge in [-0.2, -0.15) is 13.1 Å². The Morgan fingerprint density at radius 3 is 2.41 bits per heavy atom. The van der Waals surface area contributed by atoms with Crippen molar-refractivity contribution in [2.75, 3.05) is 14.2 Å². The summed E-state index contributed by atoms with van der Waals surface area (Å²) in [6, 6.07) is 13.3. The van der Waals surface area contributed by atoms with Crippen LogP contribution in [0, 0.1) is 0 Å². The highest BCUT2D eigenvalue weighted by Crippen LogP contribution is 2.35. The van der Waals surface area contributed by atoms with Crippen LogP contribution in [-0.4, -0.2) is 32.2 Å². The molecule has 150 valence electrons. The largest absolute Gasteiger partial charge is 0.493 e. The molecule has 0 spiro atoms. The molecule has 0 atom stereocenters. The number of nitrogens with one attached hydrogen (secondary N) is 1. The number of benzene rings is 2. The number of ether oxygens (including phenoxy) is 2. The molecule has 0 saturated carbocycles. The summed E-state index contributed by atoms with van der Waals surface area (Å²) in [6.07, 6.45) is 3.80. The first-order valence-electron chi connectivity index (χ1n) is 8.78. The molecular formula is C20H20N4O4S. The van der Waals surface area contributed by atoms with Gasteiger partial charge in [-0.25, -0.2) is 5.14 Å². The van der Waals surface area contributed by atoms with Gasteiger partial charge < -0.3 is 14.0 Å². The summed E-state index contributed by atoms with van der Waals surface area (Å²) in [4.78, 5) is 4.54. The molecule has 0 saturated heterocycles.